The lowest BCUT2D eigenvalue weighted by molar-refractivity contribution is -0.159. The fourth-order valence-corrected chi connectivity index (χ4v) is 1.23. The summed E-state index contributed by atoms with van der Waals surface area (Å²) in [6.07, 6.45) is -6.17. The summed E-state index contributed by atoms with van der Waals surface area (Å²) in [6.45, 7) is -4.99. The Morgan fingerprint density at radius 3 is 2.52 bits per heavy atom. The molecule has 0 saturated carbocycles. The van der Waals surface area contributed by atoms with Gasteiger partial charge in [-0.15, -0.1) is 0 Å². The maximum Gasteiger partial charge on any atom is 0.422 e. The molecule has 0 aliphatic rings. The number of anilines is 1. The number of hydrogen-bond donors (Lipinski definition) is 1. The molecule has 21 heavy (non-hydrogen) atoms. The summed E-state index contributed by atoms with van der Waals surface area (Å²) < 4.78 is 72.8. The molecule has 0 spiro atoms. The van der Waals surface area contributed by atoms with Crippen LogP contribution in [0, 0.1) is 0 Å². The topological polar surface area (TPSA) is 56.8 Å². The highest BCUT2D eigenvalue weighted by atomic mass is 19.4. The van der Waals surface area contributed by atoms with Crippen molar-refractivity contribution in [1.82, 2.24) is 0 Å². The van der Waals surface area contributed by atoms with Crippen LogP contribution in [0.25, 0.3) is 0 Å². The smallest absolute Gasteiger partial charge is 0.422 e. The van der Waals surface area contributed by atoms with E-state index in [0.29, 0.717) is 0 Å². The van der Waals surface area contributed by atoms with Crippen LogP contribution in [-0.4, -0.2) is 32.6 Å². The lowest BCUT2D eigenvalue weighted by Crippen LogP contribution is -2.23. The SMILES string of the molecule is COc1ccc(OC(F)F)c(NC(=O)OCC(F)(F)F)c1. The molecule has 1 aromatic carbocycles. The molecule has 0 aliphatic heterocycles. The number of amides is 1. The second kappa shape index (κ2) is 6.95. The predicted octanol–water partition coefficient (Wildman–Crippen LogP) is 3.41. The number of nitrogens with one attached hydrogen (secondary N) is 1. The summed E-state index contributed by atoms with van der Waals surface area (Å²) in [5, 5.41) is 1.86. The number of hydrogen-bond acceptors (Lipinski definition) is 4. The third-order valence-corrected chi connectivity index (χ3v) is 2.01. The number of alkyl halides is 5. The summed E-state index contributed by atoms with van der Waals surface area (Å²) in [6, 6.07) is 3.42. The second-order valence-corrected chi connectivity index (χ2v) is 3.56. The summed E-state index contributed by atoms with van der Waals surface area (Å²) in [5.41, 5.74) is -0.318. The molecule has 0 bridgehead atoms. The van der Waals surface area contributed by atoms with Crippen LogP contribution in [0.15, 0.2) is 18.2 Å². The lowest BCUT2D eigenvalue weighted by Gasteiger charge is -2.13. The third kappa shape index (κ3) is 6.15. The van der Waals surface area contributed by atoms with Crippen LogP contribution in [0.3, 0.4) is 0 Å². The zero-order valence-electron chi connectivity index (χ0n) is 10.5. The van der Waals surface area contributed by atoms with Crippen molar-refractivity contribution in [1.29, 1.82) is 0 Å². The average Bonchev–Trinajstić information content (AvgIpc) is 2.37. The van der Waals surface area contributed by atoms with Gasteiger partial charge in [-0.2, -0.15) is 22.0 Å². The molecule has 0 fully saturated rings. The van der Waals surface area contributed by atoms with Crippen LogP contribution in [0.4, 0.5) is 32.4 Å². The molecule has 1 rings (SSSR count). The first-order chi connectivity index (χ1) is 9.71. The molecule has 1 aromatic rings. The van der Waals surface area contributed by atoms with Crippen LogP contribution in [0.1, 0.15) is 0 Å². The van der Waals surface area contributed by atoms with Gasteiger partial charge in [0, 0.05) is 6.07 Å². The number of halogens is 5. The highest BCUT2D eigenvalue weighted by Gasteiger charge is 2.29. The number of benzene rings is 1. The van der Waals surface area contributed by atoms with E-state index >= 15 is 0 Å². The molecule has 0 saturated heterocycles. The van der Waals surface area contributed by atoms with Gasteiger partial charge in [-0.25, -0.2) is 4.79 Å². The van der Waals surface area contributed by atoms with Crippen molar-refractivity contribution < 1.29 is 41.0 Å². The van der Waals surface area contributed by atoms with Crippen LogP contribution >= 0.6 is 0 Å². The van der Waals surface area contributed by atoms with Crippen LogP contribution in [-0.2, 0) is 4.74 Å². The fourth-order valence-electron chi connectivity index (χ4n) is 1.23. The molecule has 0 radical (unpaired) electrons. The Balaban J connectivity index is 2.81. The van der Waals surface area contributed by atoms with Crippen molar-refractivity contribution >= 4 is 11.8 Å². The highest BCUT2D eigenvalue weighted by molar-refractivity contribution is 5.87. The van der Waals surface area contributed by atoms with E-state index in [1.165, 1.54) is 13.2 Å². The summed E-state index contributed by atoms with van der Waals surface area (Å²) >= 11 is 0. The van der Waals surface area contributed by atoms with E-state index in [2.05, 4.69) is 9.47 Å². The zero-order chi connectivity index (χ0) is 16.0. The van der Waals surface area contributed by atoms with Gasteiger partial charge in [-0.1, -0.05) is 0 Å². The maximum atomic E-state index is 12.2. The van der Waals surface area contributed by atoms with Gasteiger partial charge in [0.15, 0.2) is 6.61 Å². The summed E-state index contributed by atoms with van der Waals surface area (Å²) in [7, 11) is 1.27. The number of methoxy groups -OCH3 is 1. The molecule has 1 amide bonds. The Labute approximate surface area is 115 Å². The van der Waals surface area contributed by atoms with E-state index in [1.807, 2.05) is 5.32 Å². The van der Waals surface area contributed by atoms with E-state index in [0.717, 1.165) is 12.1 Å². The van der Waals surface area contributed by atoms with Gasteiger partial charge < -0.3 is 14.2 Å². The molecule has 0 heterocycles. The molecule has 0 atom stereocenters. The molecular formula is C11H10F5NO4. The lowest BCUT2D eigenvalue weighted by atomic mass is 10.2. The number of ether oxygens (including phenoxy) is 3. The van der Waals surface area contributed by atoms with Gasteiger partial charge in [0.25, 0.3) is 0 Å². The minimum absolute atomic E-state index is 0.169. The first-order valence-corrected chi connectivity index (χ1v) is 5.34. The monoisotopic (exact) mass is 315 g/mol. The quantitative estimate of drug-likeness (QED) is 0.846. The molecule has 0 aromatic heterocycles. The Kier molecular flexibility index (Phi) is 5.56. The molecular weight excluding hydrogens is 305 g/mol. The Morgan fingerprint density at radius 1 is 1.33 bits per heavy atom. The van der Waals surface area contributed by atoms with Gasteiger partial charge in [-0.3, -0.25) is 5.32 Å². The Morgan fingerprint density at radius 2 is 2.00 bits per heavy atom. The maximum absolute atomic E-state index is 12.2. The molecule has 1 N–H and O–H groups in total. The van der Waals surface area contributed by atoms with Crippen molar-refractivity contribution in [2.75, 3.05) is 19.0 Å². The van der Waals surface area contributed by atoms with Crippen molar-refractivity contribution in [3.63, 3.8) is 0 Å². The van der Waals surface area contributed by atoms with Gasteiger partial charge in [0.1, 0.15) is 11.5 Å². The van der Waals surface area contributed by atoms with Crippen molar-refractivity contribution in [3.8, 4) is 11.5 Å². The minimum Gasteiger partial charge on any atom is -0.497 e. The molecule has 0 aliphatic carbocycles. The Hall–Kier alpha value is -2.26. The van der Waals surface area contributed by atoms with Crippen molar-refractivity contribution in [2.45, 2.75) is 12.8 Å². The summed E-state index contributed by atoms with van der Waals surface area (Å²) in [5.74, 6) is -0.280. The average molecular weight is 315 g/mol. The number of carbonyl (C=O) groups excluding carboxylic acids is 1. The highest BCUT2D eigenvalue weighted by Crippen LogP contribution is 2.30. The molecule has 5 nitrogen and oxygen atoms in total. The van der Waals surface area contributed by atoms with Crippen LogP contribution in [0.5, 0.6) is 11.5 Å². The zero-order valence-corrected chi connectivity index (χ0v) is 10.5. The van der Waals surface area contributed by atoms with Gasteiger partial charge in [0.2, 0.25) is 0 Å². The molecule has 118 valence electrons. The predicted molar refractivity (Wildman–Crippen MR) is 60.7 cm³/mol. The Bertz CT molecular complexity index is 492. The second-order valence-electron chi connectivity index (χ2n) is 3.56. The first-order valence-electron chi connectivity index (χ1n) is 5.34. The van der Waals surface area contributed by atoms with E-state index in [-0.39, 0.29) is 11.4 Å². The van der Waals surface area contributed by atoms with E-state index in [4.69, 9.17) is 4.74 Å². The van der Waals surface area contributed by atoms with E-state index < -0.39 is 31.2 Å². The van der Waals surface area contributed by atoms with Crippen molar-refractivity contribution in [2.24, 2.45) is 0 Å². The third-order valence-electron chi connectivity index (χ3n) is 2.01. The minimum atomic E-state index is -4.70. The standard InChI is InChI=1S/C11H10F5NO4/c1-19-6-2-3-8(21-9(12)13)7(4-6)17-10(18)20-5-11(14,15)16/h2-4,9H,5H2,1H3,(H,17,18). The number of rotatable bonds is 5. The molecule has 10 heteroatoms. The van der Waals surface area contributed by atoms with E-state index in [1.54, 1.807) is 0 Å². The van der Waals surface area contributed by atoms with Crippen LogP contribution < -0.4 is 14.8 Å². The largest absolute Gasteiger partial charge is 0.497 e. The van der Waals surface area contributed by atoms with Gasteiger partial charge in [0.05, 0.1) is 12.8 Å². The van der Waals surface area contributed by atoms with Gasteiger partial charge in [-0.05, 0) is 12.1 Å². The van der Waals surface area contributed by atoms with Crippen molar-refractivity contribution in [3.05, 3.63) is 18.2 Å². The number of carbonyl (C=O) groups is 1. The first kappa shape index (κ1) is 16.8. The van der Waals surface area contributed by atoms with Crippen LogP contribution in [0.2, 0.25) is 0 Å². The summed E-state index contributed by atoms with van der Waals surface area (Å²) in [4.78, 5) is 11.2. The van der Waals surface area contributed by atoms with Gasteiger partial charge >= 0.3 is 18.9 Å². The normalized spacial score (nSPS) is 11.2. The molecule has 0 unspecified atom stereocenters. The van der Waals surface area contributed by atoms with E-state index in [9.17, 15) is 26.7 Å². The fraction of sp³-hybridized carbons (Fsp3) is 0.364.